The van der Waals surface area contributed by atoms with Gasteiger partial charge in [-0.1, -0.05) is 0 Å². The molecule has 1 aromatic heterocycles. The molecule has 8 nitrogen and oxygen atoms in total. The topological polar surface area (TPSA) is 85.8 Å². The fraction of sp³-hybridized carbons (Fsp3) is 0.400. The molecule has 0 radical (unpaired) electrons. The second-order valence-electron chi connectivity index (χ2n) is 7.09. The molecule has 152 valence electrons. The third kappa shape index (κ3) is 5.05. The average Bonchev–Trinajstić information content (AvgIpc) is 2.77. The van der Waals surface area contributed by atoms with E-state index in [4.69, 9.17) is 0 Å². The Bertz CT molecular complexity index is 853. The Morgan fingerprint density at radius 2 is 1.72 bits per heavy atom. The fourth-order valence-electron chi connectivity index (χ4n) is 3.41. The van der Waals surface area contributed by atoms with Gasteiger partial charge in [0.05, 0.1) is 0 Å². The number of hydrogen-bond donors (Lipinski definition) is 2. The molecule has 2 amide bonds. The van der Waals surface area contributed by atoms with Crippen LogP contribution in [-0.4, -0.2) is 66.1 Å². The Labute approximate surface area is 168 Å². The van der Waals surface area contributed by atoms with Crippen molar-refractivity contribution in [1.82, 2.24) is 20.4 Å². The summed E-state index contributed by atoms with van der Waals surface area (Å²) in [5.41, 5.74) is 1.74. The average molecular weight is 397 g/mol. The molecule has 0 unspecified atom stereocenters. The van der Waals surface area contributed by atoms with Crippen molar-refractivity contribution in [2.45, 2.75) is 12.8 Å². The first-order valence-electron chi connectivity index (χ1n) is 9.85. The molecule has 2 saturated heterocycles. The molecule has 0 aliphatic carbocycles. The molecule has 4 rings (SSSR count). The monoisotopic (exact) mass is 397 g/mol. The van der Waals surface area contributed by atoms with Crippen molar-refractivity contribution in [3.8, 4) is 0 Å². The van der Waals surface area contributed by atoms with Crippen LogP contribution in [0.15, 0.2) is 41.4 Å². The van der Waals surface area contributed by atoms with E-state index in [1.54, 1.807) is 17.0 Å². The van der Waals surface area contributed by atoms with E-state index < -0.39 is 0 Å². The van der Waals surface area contributed by atoms with Gasteiger partial charge in [0.25, 0.3) is 0 Å². The van der Waals surface area contributed by atoms with Crippen LogP contribution in [0.5, 0.6) is 0 Å². The molecule has 2 fully saturated rings. The summed E-state index contributed by atoms with van der Waals surface area (Å²) >= 11 is 0. The van der Waals surface area contributed by atoms with E-state index in [-0.39, 0.29) is 11.8 Å². The Hall–Kier alpha value is -3.07. The van der Waals surface area contributed by atoms with Gasteiger partial charge >= 0.3 is 6.03 Å². The van der Waals surface area contributed by atoms with E-state index in [1.165, 1.54) is 12.1 Å². The van der Waals surface area contributed by atoms with Gasteiger partial charge in [-0.15, -0.1) is 10.2 Å². The molecule has 9 heteroatoms. The van der Waals surface area contributed by atoms with E-state index in [1.807, 2.05) is 12.1 Å². The molecule has 29 heavy (non-hydrogen) atoms. The van der Waals surface area contributed by atoms with Gasteiger partial charge in [-0.25, -0.2) is 14.2 Å². The second kappa shape index (κ2) is 8.95. The summed E-state index contributed by atoms with van der Waals surface area (Å²) in [7, 11) is 0. The summed E-state index contributed by atoms with van der Waals surface area (Å²) in [6, 6.07) is 9.39. The number of anilines is 2. The van der Waals surface area contributed by atoms with Gasteiger partial charge in [0, 0.05) is 50.7 Å². The van der Waals surface area contributed by atoms with Crippen molar-refractivity contribution in [2.24, 2.45) is 4.99 Å². The van der Waals surface area contributed by atoms with Gasteiger partial charge in [0.15, 0.2) is 11.6 Å². The molecule has 1 aromatic carbocycles. The van der Waals surface area contributed by atoms with Crippen molar-refractivity contribution < 1.29 is 9.18 Å². The number of halogens is 1. The van der Waals surface area contributed by atoms with Crippen LogP contribution in [0.4, 0.5) is 26.5 Å². The van der Waals surface area contributed by atoms with Crippen LogP contribution in [-0.2, 0) is 0 Å². The third-order valence-corrected chi connectivity index (χ3v) is 5.08. The molecule has 0 spiro atoms. The predicted molar refractivity (Wildman–Crippen MR) is 110 cm³/mol. The van der Waals surface area contributed by atoms with Crippen LogP contribution in [0.3, 0.4) is 0 Å². The molecule has 2 N–H and O–H groups in total. The Morgan fingerprint density at radius 1 is 1.00 bits per heavy atom. The zero-order chi connectivity index (χ0) is 20.1. The van der Waals surface area contributed by atoms with Gasteiger partial charge in [-0.05, 0) is 49.2 Å². The number of nitrogens with one attached hydrogen (secondary N) is 2. The van der Waals surface area contributed by atoms with Crippen LogP contribution in [0.1, 0.15) is 12.8 Å². The largest absolute Gasteiger partial charge is 0.352 e. The van der Waals surface area contributed by atoms with Gasteiger partial charge in [-0.2, -0.15) is 0 Å². The van der Waals surface area contributed by atoms with Gasteiger partial charge in [0.1, 0.15) is 5.82 Å². The minimum atomic E-state index is -0.328. The zero-order valence-electron chi connectivity index (χ0n) is 16.1. The molecule has 2 aliphatic rings. The number of nitrogens with zero attached hydrogens (tertiary/aromatic N) is 5. The number of amides is 2. The highest BCUT2D eigenvalue weighted by Gasteiger charge is 2.22. The summed E-state index contributed by atoms with van der Waals surface area (Å²) in [5, 5.41) is 14.7. The van der Waals surface area contributed by atoms with Crippen molar-refractivity contribution in [3.63, 3.8) is 0 Å². The quantitative estimate of drug-likeness (QED) is 0.831. The number of urea groups is 1. The highest BCUT2D eigenvalue weighted by atomic mass is 19.1. The normalized spacial score (nSPS) is 17.2. The highest BCUT2D eigenvalue weighted by Crippen LogP contribution is 2.17. The summed E-state index contributed by atoms with van der Waals surface area (Å²) in [6.45, 7) is 4.42. The first-order valence-corrected chi connectivity index (χ1v) is 9.85. The molecule has 3 heterocycles. The number of rotatable bonds is 3. The second-order valence-corrected chi connectivity index (χ2v) is 7.09. The maximum Gasteiger partial charge on any atom is 0.321 e. The van der Waals surface area contributed by atoms with E-state index in [0.717, 1.165) is 37.5 Å². The van der Waals surface area contributed by atoms with Gasteiger partial charge in [0.2, 0.25) is 0 Å². The maximum atomic E-state index is 13.0. The maximum absolute atomic E-state index is 13.0. The fourth-order valence-corrected chi connectivity index (χ4v) is 3.41. The predicted octanol–water partition coefficient (Wildman–Crippen LogP) is 2.43. The van der Waals surface area contributed by atoms with E-state index in [0.29, 0.717) is 37.7 Å². The lowest BCUT2D eigenvalue weighted by molar-refractivity contribution is 0.208. The van der Waals surface area contributed by atoms with E-state index in [9.17, 15) is 9.18 Å². The standard InChI is InChI=1S/C20H24FN7O/c21-15-1-3-16(4-2-15)24-20(29)28-13-11-27(12-14-28)19-6-5-18(25-26-19)23-17-7-9-22-10-8-17/h1-6,22H,7-14H2,(H,24,29). The molecule has 2 aromatic rings. The van der Waals surface area contributed by atoms with Crippen molar-refractivity contribution >= 4 is 29.1 Å². The minimum absolute atomic E-state index is 0.185. The number of piperidine rings is 1. The van der Waals surface area contributed by atoms with Gasteiger partial charge in [-0.3, -0.25) is 0 Å². The number of hydrogen-bond acceptors (Lipinski definition) is 6. The molecule has 0 saturated carbocycles. The Morgan fingerprint density at radius 3 is 2.38 bits per heavy atom. The third-order valence-electron chi connectivity index (χ3n) is 5.08. The summed E-state index contributed by atoms with van der Waals surface area (Å²) in [6.07, 6.45) is 1.90. The number of benzene rings is 1. The molecule has 2 aliphatic heterocycles. The SMILES string of the molecule is O=C(Nc1ccc(F)cc1)N1CCN(c2ccc(N=C3CCNCC3)nn2)CC1. The number of aliphatic imine (C=N–C) groups is 1. The number of piperazine rings is 1. The molecular weight excluding hydrogens is 373 g/mol. The Kier molecular flexibility index (Phi) is 5.95. The van der Waals surface area contributed by atoms with E-state index in [2.05, 4.69) is 30.7 Å². The van der Waals surface area contributed by atoms with Crippen molar-refractivity contribution in [3.05, 3.63) is 42.2 Å². The van der Waals surface area contributed by atoms with Gasteiger partial charge < -0.3 is 20.4 Å². The lowest BCUT2D eigenvalue weighted by Gasteiger charge is -2.35. The molecule has 0 atom stereocenters. The van der Waals surface area contributed by atoms with Crippen LogP contribution in [0, 0.1) is 5.82 Å². The lowest BCUT2D eigenvalue weighted by Crippen LogP contribution is -2.50. The highest BCUT2D eigenvalue weighted by molar-refractivity contribution is 5.89. The summed E-state index contributed by atoms with van der Waals surface area (Å²) in [4.78, 5) is 20.8. The first-order chi connectivity index (χ1) is 14.2. The van der Waals surface area contributed by atoms with Crippen LogP contribution >= 0.6 is 0 Å². The van der Waals surface area contributed by atoms with Crippen LogP contribution < -0.4 is 15.5 Å². The van der Waals surface area contributed by atoms with Crippen molar-refractivity contribution in [1.29, 1.82) is 0 Å². The van der Waals surface area contributed by atoms with Crippen molar-refractivity contribution in [2.75, 3.05) is 49.5 Å². The zero-order valence-corrected chi connectivity index (χ0v) is 16.1. The van der Waals surface area contributed by atoms with Crippen LogP contribution in [0.2, 0.25) is 0 Å². The number of aromatic nitrogens is 2. The first kappa shape index (κ1) is 19.3. The minimum Gasteiger partial charge on any atom is -0.352 e. The summed E-state index contributed by atoms with van der Waals surface area (Å²) < 4.78 is 13.0. The smallest absolute Gasteiger partial charge is 0.321 e. The molecular formula is C20H24FN7O. The Balaban J connectivity index is 1.29. The molecule has 0 bridgehead atoms. The van der Waals surface area contributed by atoms with Crippen LogP contribution in [0.25, 0.3) is 0 Å². The summed E-state index contributed by atoms with van der Waals surface area (Å²) in [5.74, 6) is 1.10. The number of carbonyl (C=O) groups excluding carboxylic acids is 1. The lowest BCUT2D eigenvalue weighted by atomic mass is 10.1. The number of carbonyl (C=O) groups is 1. The van der Waals surface area contributed by atoms with E-state index >= 15 is 0 Å².